The van der Waals surface area contributed by atoms with Gasteiger partial charge >= 0.3 is 0 Å². The van der Waals surface area contributed by atoms with Crippen LogP contribution >= 0.6 is 0 Å². The Kier molecular flexibility index (Phi) is 4.69. The summed E-state index contributed by atoms with van der Waals surface area (Å²) < 4.78 is 1.87. The molecule has 6 heteroatoms. The largest absolute Gasteiger partial charge is 0.356 e. The van der Waals surface area contributed by atoms with Gasteiger partial charge in [0.05, 0.1) is 0 Å². The fraction of sp³-hybridized carbons (Fsp3) is 0.750. The average Bonchev–Trinajstić information content (AvgIpc) is 2.76. The van der Waals surface area contributed by atoms with E-state index in [2.05, 4.69) is 20.8 Å². The minimum absolute atomic E-state index is 0.157. The highest BCUT2D eigenvalue weighted by atomic mass is 16.1. The number of aromatic nitrogens is 3. The van der Waals surface area contributed by atoms with Gasteiger partial charge in [0.1, 0.15) is 12.2 Å². The van der Waals surface area contributed by atoms with Crippen LogP contribution in [0.15, 0.2) is 6.33 Å². The Morgan fingerprint density at radius 1 is 1.56 bits per heavy atom. The van der Waals surface area contributed by atoms with E-state index >= 15 is 0 Å². The summed E-state index contributed by atoms with van der Waals surface area (Å²) in [5, 5.41) is 14.0. The SMILES string of the molecule is Cn1cnnc1CCNC(=O)CC1CCNCC1. The number of aryl methyl sites for hydroxylation is 1. The molecule has 0 spiro atoms. The van der Waals surface area contributed by atoms with Crippen LogP contribution in [0.2, 0.25) is 0 Å². The van der Waals surface area contributed by atoms with Crippen LogP contribution in [0.4, 0.5) is 0 Å². The molecule has 0 atom stereocenters. The molecule has 1 fully saturated rings. The zero-order valence-electron chi connectivity index (χ0n) is 10.9. The molecule has 0 bridgehead atoms. The minimum Gasteiger partial charge on any atom is -0.356 e. The fourth-order valence-electron chi connectivity index (χ4n) is 2.27. The molecule has 2 rings (SSSR count). The van der Waals surface area contributed by atoms with Crippen LogP contribution in [0.1, 0.15) is 25.1 Å². The minimum atomic E-state index is 0.157. The summed E-state index contributed by atoms with van der Waals surface area (Å²) in [4.78, 5) is 11.8. The maximum Gasteiger partial charge on any atom is 0.220 e. The lowest BCUT2D eigenvalue weighted by molar-refractivity contribution is -0.122. The number of amides is 1. The zero-order valence-corrected chi connectivity index (χ0v) is 10.9. The van der Waals surface area contributed by atoms with Crippen molar-refractivity contribution in [2.75, 3.05) is 19.6 Å². The average molecular weight is 251 g/mol. The van der Waals surface area contributed by atoms with E-state index in [1.165, 1.54) is 0 Å². The molecule has 18 heavy (non-hydrogen) atoms. The molecule has 0 unspecified atom stereocenters. The first-order valence-corrected chi connectivity index (χ1v) is 6.56. The molecule has 0 radical (unpaired) electrons. The van der Waals surface area contributed by atoms with Crippen LogP contribution in [0.25, 0.3) is 0 Å². The zero-order chi connectivity index (χ0) is 12.8. The van der Waals surface area contributed by atoms with Crippen molar-refractivity contribution < 1.29 is 4.79 Å². The molecule has 100 valence electrons. The number of carbonyl (C=O) groups excluding carboxylic acids is 1. The van der Waals surface area contributed by atoms with Crippen LogP contribution in [-0.4, -0.2) is 40.3 Å². The van der Waals surface area contributed by atoms with E-state index in [0.717, 1.165) is 38.2 Å². The van der Waals surface area contributed by atoms with Crippen molar-refractivity contribution in [3.8, 4) is 0 Å². The lowest BCUT2D eigenvalue weighted by Crippen LogP contribution is -2.33. The quantitative estimate of drug-likeness (QED) is 0.764. The molecule has 1 aliphatic rings. The number of nitrogens with zero attached hydrogens (tertiary/aromatic N) is 3. The Bertz CT molecular complexity index is 384. The highest BCUT2D eigenvalue weighted by Crippen LogP contribution is 2.15. The van der Waals surface area contributed by atoms with Crippen LogP contribution in [0.3, 0.4) is 0 Å². The number of carbonyl (C=O) groups is 1. The molecule has 2 N–H and O–H groups in total. The van der Waals surface area contributed by atoms with E-state index < -0.39 is 0 Å². The van der Waals surface area contributed by atoms with Crippen LogP contribution in [0, 0.1) is 5.92 Å². The standard InChI is InChI=1S/C12H21N5O/c1-17-9-15-16-11(17)4-7-14-12(18)8-10-2-5-13-6-3-10/h9-10,13H,2-8H2,1H3,(H,14,18). The first-order chi connectivity index (χ1) is 8.75. The van der Waals surface area contributed by atoms with Gasteiger partial charge in [0, 0.05) is 26.4 Å². The second-order valence-corrected chi connectivity index (χ2v) is 4.86. The van der Waals surface area contributed by atoms with Gasteiger partial charge in [-0.25, -0.2) is 0 Å². The van der Waals surface area contributed by atoms with Crippen molar-refractivity contribution in [2.45, 2.75) is 25.7 Å². The Morgan fingerprint density at radius 3 is 3.00 bits per heavy atom. The first kappa shape index (κ1) is 13.0. The Hall–Kier alpha value is -1.43. The maximum atomic E-state index is 11.8. The van der Waals surface area contributed by atoms with Gasteiger partial charge in [-0.2, -0.15) is 0 Å². The summed E-state index contributed by atoms with van der Waals surface area (Å²) in [5.41, 5.74) is 0. The highest BCUT2D eigenvalue weighted by molar-refractivity contribution is 5.76. The van der Waals surface area contributed by atoms with E-state index in [0.29, 0.717) is 18.9 Å². The molecule has 1 amide bonds. The van der Waals surface area contributed by atoms with E-state index in [-0.39, 0.29) is 5.91 Å². The monoisotopic (exact) mass is 251 g/mol. The molecule has 1 aromatic heterocycles. The summed E-state index contributed by atoms with van der Waals surface area (Å²) in [5.74, 6) is 1.60. The van der Waals surface area contributed by atoms with Gasteiger partial charge in [-0.3, -0.25) is 4.79 Å². The van der Waals surface area contributed by atoms with Gasteiger partial charge in [0.15, 0.2) is 0 Å². The topological polar surface area (TPSA) is 71.8 Å². The van der Waals surface area contributed by atoms with Crippen molar-refractivity contribution in [1.82, 2.24) is 25.4 Å². The number of piperidine rings is 1. The van der Waals surface area contributed by atoms with Crippen LogP contribution < -0.4 is 10.6 Å². The third-order valence-electron chi connectivity index (χ3n) is 3.41. The predicted octanol–water partition coefficient (Wildman–Crippen LogP) is -0.136. The summed E-state index contributed by atoms with van der Waals surface area (Å²) in [6.07, 6.45) is 5.27. The summed E-state index contributed by atoms with van der Waals surface area (Å²) in [6.45, 7) is 2.71. The second-order valence-electron chi connectivity index (χ2n) is 4.86. The molecule has 1 aromatic rings. The van der Waals surface area contributed by atoms with Crippen molar-refractivity contribution in [1.29, 1.82) is 0 Å². The van der Waals surface area contributed by atoms with Gasteiger partial charge in [-0.15, -0.1) is 10.2 Å². The van der Waals surface area contributed by atoms with E-state index in [1.807, 2.05) is 11.6 Å². The molecular weight excluding hydrogens is 230 g/mol. The van der Waals surface area contributed by atoms with Crippen molar-refractivity contribution in [3.63, 3.8) is 0 Å². The molecule has 0 saturated carbocycles. The maximum absolute atomic E-state index is 11.8. The molecular formula is C12H21N5O. The summed E-state index contributed by atoms with van der Waals surface area (Å²) in [7, 11) is 1.91. The molecule has 6 nitrogen and oxygen atoms in total. The number of rotatable bonds is 5. The van der Waals surface area contributed by atoms with Gasteiger partial charge in [-0.05, 0) is 31.8 Å². The molecule has 0 aliphatic carbocycles. The molecule has 1 aliphatic heterocycles. The molecule has 1 saturated heterocycles. The smallest absolute Gasteiger partial charge is 0.220 e. The highest BCUT2D eigenvalue weighted by Gasteiger charge is 2.16. The lowest BCUT2D eigenvalue weighted by atomic mass is 9.94. The van der Waals surface area contributed by atoms with Crippen molar-refractivity contribution in [2.24, 2.45) is 13.0 Å². The number of hydrogen-bond acceptors (Lipinski definition) is 4. The van der Waals surface area contributed by atoms with Crippen LogP contribution in [0.5, 0.6) is 0 Å². The second kappa shape index (κ2) is 6.49. The van der Waals surface area contributed by atoms with E-state index in [1.54, 1.807) is 6.33 Å². The fourth-order valence-corrected chi connectivity index (χ4v) is 2.27. The number of nitrogens with one attached hydrogen (secondary N) is 2. The molecule has 0 aromatic carbocycles. The number of hydrogen-bond donors (Lipinski definition) is 2. The third-order valence-corrected chi connectivity index (χ3v) is 3.41. The van der Waals surface area contributed by atoms with Crippen LogP contribution in [-0.2, 0) is 18.3 Å². The Labute approximate surface area is 107 Å². The Balaban J connectivity index is 1.64. The lowest BCUT2D eigenvalue weighted by Gasteiger charge is -2.21. The third kappa shape index (κ3) is 3.80. The molecule has 2 heterocycles. The van der Waals surface area contributed by atoms with Crippen molar-refractivity contribution in [3.05, 3.63) is 12.2 Å². The normalized spacial score (nSPS) is 16.7. The first-order valence-electron chi connectivity index (χ1n) is 6.56. The summed E-state index contributed by atoms with van der Waals surface area (Å²) in [6, 6.07) is 0. The summed E-state index contributed by atoms with van der Waals surface area (Å²) >= 11 is 0. The van der Waals surface area contributed by atoms with Gasteiger partial charge < -0.3 is 15.2 Å². The van der Waals surface area contributed by atoms with Gasteiger partial charge in [-0.1, -0.05) is 0 Å². The van der Waals surface area contributed by atoms with E-state index in [9.17, 15) is 4.79 Å². The predicted molar refractivity (Wildman–Crippen MR) is 67.9 cm³/mol. The van der Waals surface area contributed by atoms with E-state index in [4.69, 9.17) is 0 Å². The van der Waals surface area contributed by atoms with Gasteiger partial charge in [0.2, 0.25) is 5.91 Å². The Morgan fingerprint density at radius 2 is 2.33 bits per heavy atom. The van der Waals surface area contributed by atoms with Crippen molar-refractivity contribution >= 4 is 5.91 Å². The van der Waals surface area contributed by atoms with Gasteiger partial charge in [0.25, 0.3) is 0 Å².